The molecule has 0 aromatic heterocycles. The SMILES string of the molecule is CCCCC(I)C(F)C(F)COc1ccccc1. The molecule has 3 unspecified atom stereocenters. The van der Waals surface area contributed by atoms with Crippen LogP contribution in [0, 0.1) is 0 Å². The number of hydrogen-bond donors (Lipinski definition) is 0. The van der Waals surface area contributed by atoms with Gasteiger partial charge in [0.2, 0.25) is 0 Å². The Morgan fingerprint density at radius 3 is 2.50 bits per heavy atom. The van der Waals surface area contributed by atoms with Crippen molar-refractivity contribution in [2.45, 2.75) is 42.5 Å². The molecule has 1 aromatic rings. The Kier molecular flexibility index (Phi) is 7.54. The summed E-state index contributed by atoms with van der Waals surface area (Å²) in [5.74, 6) is 0.575. The van der Waals surface area contributed by atoms with Gasteiger partial charge in [0.1, 0.15) is 18.5 Å². The Bertz CT molecular complexity index is 321. The van der Waals surface area contributed by atoms with Crippen molar-refractivity contribution >= 4 is 22.6 Å². The largest absolute Gasteiger partial charge is 0.490 e. The maximum atomic E-state index is 13.8. The summed E-state index contributed by atoms with van der Waals surface area (Å²) in [5, 5.41) is 0. The molecule has 0 spiro atoms. The molecule has 0 saturated carbocycles. The number of unbranched alkanes of at least 4 members (excludes halogenated alkanes) is 1. The number of ether oxygens (including phenoxy) is 1. The zero-order valence-electron chi connectivity index (χ0n) is 10.5. The lowest BCUT2D eigenvalue weighted by molar-refractivity contribution is 0.108. The molecule has 0 radical (unpaired) electrons. The van der Waals surface area contributed by atoms with Crippen molar-refractivity contribution in [2.75, 3.05) is 6.61 Å². The van der Waals surface area contributed by atoms with Crippen LogP contribution in [-0.2, 0) is 0 Å². The summed E-state index contributed by atoms with van der Waals surface area (Å²) in [7, 11) is 0. The van der Waals surface area contributed by atoms with Crippen LogP contribution in [0.1, 0.15) is 26.2 Å². The zero-order valence-corrected chi connectivity index (χ0v) is 12.6. The third-order valence-corrected chi connectivity index (χ3v) is 3.99. The van der Waals surface area contributed by atoms with E-state index < -0.39 is 12.3 Å². The van der Waals surface area contributed by atoms with E-state index in [0.29, 0.717) is 12.2 Å². The number of hydrogen-bond acceptors (Lipinski definition) is 1. The number of alkyl halides is 3. The fourth-order valence-electron chi connectivity index (χ4n) is 1.57. The Morgan fingerprint density at radius 1 is 1.22 bits per heavy atom. The average Bonchev–Trinajstić information content (AvgIpc) is 2.42. The molecule has 0 N–H and O–H groups in total. The minimum absolute atomic E-state index is 0.225. The van der Waals surface area contributed by atoms with Crippen molar-refractivity contribution in [2.24, 2.45) is 0 Å². The standard InChI is InChI=1S/C14H19F2IO/c1-2-3-9-13(17)14(16)12(15)10-18-11-7-5-4-6-8-11/h4-8,12-14H,2-3,9-10H2,1H3. The first kappa shape index (κ1) is 15.7. The lowest BCUT2D eigenvalue weighted by Gasteiger charge is -2.19. The van der Waals surface area contributed by atoms with E-state index in [4.69, 9.17) is 4.74 Å². The van der Waals surface area contributed by atoms with Gasteiger partial charge >= 0.3 is 0 Å². The first-order chi connectivity index (χ1) is 8.65. The first-order valence-corrected chi connectivity index (χ1v) is 7.49. The second-order valence-corrected chi connectivity index (χ2v) is 5.84. The third-order valence-electron chi connectivity index (χ3n) is 2.68. The molecule has 18 heavy (non-hydrogen) atoms. The average molecular weight is 368 g/mol. The van der Waals surface area contributed by atoms with Crippen LogP contribution in [0.3, 0.4) is 0 Å². The smallest absolute Gasteiger partial charge is 0.166 e. The van der Waals surface area contributed by atoms with Crippen molar-refractivity contribution in [1.29, 1.82) is 0 Å². The molecule has 3 atom stereocenters. The molecule has 0 fully saturated rings. The number of para-hydroxylation sites is 1. The quantitative estimate of drug-likeness (QED) is 0.476. The number of halogens is 3. The highest BCUT2D eigenvalue weighted by Crippen LogP contribution is 2.22. The normalized spacial score (nSPS) is 16.0. The van der Waals surface area contributed by atoms with E-state index in [1.54, 1.807) is 24.3 Å². The maximum Gasteiger partial charge on any atom is 0.166 e. The van der Waals surface area contributed by atoms with Crippen LogP contribution in [0.2, 0.25) is 0 Å². The van der Waals surface area contributed by atoms with E-state index in [9.17, 15) is 8.78 Å². The van der Waals surface area contributed by atoms with E-state index in [0.717, 1.165) is 12.8 Å². The molecule has 0 saturated heterocycles. The van der Waals surface area contributed by atoms with Gasteiger partial charge in [0.15, 0.2) is 6.17 Å². The second-order valence-electron chi connectivity index (χ2n) is 4.24. The van der Waals surface area contributed by atoms with Crippen LogP contribution in [0.25, 0.3) is 0 Å². The zero-order chi connectivity index (χ0) is 13.4. The summed E-state index contributed by atoms with van der Waals surface area (Å²) in [6.45, 7) is 1.82. The van der Waals surface area contributed by atoms with E-state index in [1.807, 2.05) is 35.6 Å². The molecule has 0 aliphatic heterocycles. The summed E-state index contributed by atoms with van der Waals surface area (Å²) >= 11 is 1.99. The van der Waals surface area contributed by atoms with Gasteiger partial charge in [-0.3, -0.25) is 0 Å². The summed E-state index contributed by atoms with van der Waals surface area (Å²) < 4.78 is 32.4. The Hall–Kier alpha value is -0.390. The highest BCUT2D eigenvalue weighted by atomic mass is 127. The molecule has 0 amide bonds. The number of rotatable bonds is 8. The summed E-state index contributed by atoms with van der Waals surface area (Å²) in [6.07, 6.45) is -0.377. The molecule has 0 aliphatic rings. The van der Waals surface area contributed by atoms with Gasteiger partial charge in [-0.2, -0.15) is 0 Å². The molecular weight excluding hydrogens is 349 g/mol. The van der Waals surface area contributed by atoms with Gasteiger partial charge in [-0.25, -0.2) is 8.78 Å². The molecule has 1 aromatic carbocycles. The lowest BCUT2D eigenvalue weighted by atomic mass is 10.1. The summed E-state index contributed by atoms with van der Waals surface area (Å²) in [5.41, 5.74) is 0. The van der Waals surface area contributed by atoms with Crippen molar-refractivity contribution in [3.8, 4) is 5.75 Å². The molecule has 0 bridgehead atoms. The summed E-state index contributed by atoms with van der Waals surface area (Å²) in [4.78, 5) is 0. The van der Waals surface area contributed by atoms with Gasteiger partial charge < -0.3 is 4.74 Å². The molecular formula is C14H19F2IO. The lowest BCUT2D eigenvalue weighted by Crippen LogP contribution is -2.31. The van der Waals surface area contributed by atoms with E-state index >= 15 is 0 Å². The van der Waals surface area contributed by atoms with Gasteiger partial charge in [-0.05, 0) is 18.6 Å². The molecule has 4 heteroatoms. The fraction of sp³-hybridized carbons (Fsp3) is 0.571. The van der Waals surface area contributed by atoms with Crippen LogP contribution < -0.4 is 4.74 Å². The topological polar surface area (TPSA) is 9.23 Å². The van der Waals surface area contributed by atoms with Crippen LogP contribution in [-0.4, -0.2) is 22.9 Å². The molecule has 0 aliphatic carbocycles. The van der Waals surface area contributed by atoms with Gasteiger partial charge in [-0.1, -0.05) is 60.6 Å². The molecule has 1 nitrogen and oxygen atoms in total. The van der Waals surface area contributed by atoms with Gasteiger partial charge in [0, 0.05) is 3.92 Å². The van der Waals surface area contributed by atoms with E-state index in [1.165, 1.54) is 0 Å². The predicted octanol–water partition coefficient (Wildman–Crippen LogP) is 4.74. The molecule has 102 valence electrons. The van der Waals surface area contributed by atoms with Gasteiger partial charge in [0.25, 0.3) is 0 Å². The van der Waals surface area contributed by atoms with Crippen LogP contribution >= 0.6 is 22.6 Å². The highest BCUT2D eigenvalue weighted by Gasteiger charge is 2.27. The van der Waals surface area contributed by atoms with Gasteiger partial charge in [-0.15, -0.1) is 0 Å². The Balaban J connectivity index is 2.33. The Labute approximate surface area is 121 Å². The van der Waals surface area contributed by atoms with Crippen LogP contribution in [0.5, 0.6) is 5.75 Å². The van der Waals surface area contributed by atoms with E-state index in [2.05, 4.69) is 0 Å². The third kappa shape index (κ3) is 5.50. The predicted molar refractivity (Wildman–Crippen MR) is 79.1 cm³/mol. The molecule has 1 rings (SSSR count). The number of benzene rings is 1. The first-order valence-electron chi connectivity index (χ1n) is 6.25. The fourth-order valence-corrected chi connectivity index (χ4v) is 2.46. The van der Waals surface area contributed by atoms with Crippen LogP contribution in [0.4, 0.5) is 8.78 Å². The van der Waals surface area contributed by atoms with E-state index in [-0.39, 0.29) is 10.5 Å². The Morgan fingerprint density at radius 2 is 1.89 bits per heavy atom. The second kappa shape index (κ2) is 8.67. The van der Waals surface area contributed by atoms with Crippen molar-refractivity contribution in [3.63, 3.8) is 0 Å². The van der Waals surface area contributed by atoms with Gasteiger partial charge in [0.05, 0.1) is 0 Å². The minimum Gasteiger partial charge on any atom is -0.490 e. The highest BCUT2D eigenvalue weighted by molar-refractivity contribution is 14.1. The maximum absolute atomic E-state index is 13.8. The van der Waals surface area contributed by atoms with Crippen molar-refractivity contribution in [3.05, 3.63) is 30.3 Å². The monoisotopic (exact) mass is 368 g/mol. The van der Waals surface area contributed by atoms with Crippen LogP contribution in [0.15, 0.2) is 30.3 Å². The van der Waals surface area contributed by atoms with Crippen molar-refractivity contribution in [1.82, 2.24) is 0 Å². The van der Waals surface area contributed by atoms with Crippen molar-refractivity contribution < 1.29 is 13.5 Å². The minimum atomic E-state index is -1.57. The summed E-state index contributed by atoms with van der Waals surface area (Å²) in [6, 6.07) is 8.93. The molecule has 0 heterocycles.